The van der Waals surface area contributed by atoms with E-state index in [1.807, 2.05) is 0 Å². The molecule has 182 valence electrons. The van der Waals surface area contributed by atoms with E-state index >= 15 is 0 Å². The molecule has 1 saturated heterocycles. The van der Waals surface area contributed by atoms with Crippen molar-refractivity contribution in [3.63, 3.8) is 0 Å². The van der Waals surface area contributed by atoms with Crippen LogP contribution in [0.1, 0.15) is 11.1 Å². The van der Waals surface area contributed by atoms with Gasteiger partial charge in [-0.15, -0.1) is 0 Å². The molecule has 3 rings (SSSR count). The van der Waals surface area contributed by atoms with Gasteiger partial charge in [0, 0.05) is 7.11 Å². The number of aryl methyl sites for hydroxylation is 2. The van der Waals surface area contributed by atoms with E-state index in [1.54, 1.807) is 38.1 Å². The zero-order chi connectivity index (χ0) is 24.4. The molecule has 33 heavy (non-hydrogen) atoms. The Morgan fingerprint density at radius 3 is 1.64 bits per heavy atom. The molecule has 0 saturated carbocycles. The Kier molecular flexibility index (Phi) is 7.91. The summed E-state index contributed by atoms with van der Waals surface area (Å²) in [6.45, 7) is 2.84. The van der Waals surface area contributed by atoms with Crippen molar-refractivity contribution in [3.05, 3.63) is 59.7 Å². The minimum absolute atomic E-state index is 0.193. The molecular weight excluding hydrogens is 476 g/mol. The number of benzene rings is 2. The van der Waals surface area contributed by atoms with E-state index in [1.165, 1.54) is 31.4 Å². The molecule has 3 unspecified atom stereocenters. The zero-order valence-electron chi connectivity index (χ0n) is 18.2. The maximum Gasteiger partial charge on any atom is 0.297 e. The lowest BCUT2D eigenvalue weighted by atomic mass is 9.99. The van der Waals surface area contributed by atoms with Crippen molar-refractivity contribution >= 4 is 20.2 Å². The molecule has 12 heteroatoms. The largest absolute Gasteiger partial charge is 0.394 e. The summed E-state index contributed by atoms with van der Waals surface area (Å²) in [5.74, 6) is 0. The quantitative estimate of drug-likeness (QED) is 0.499. The second-order valence-corrected chi connectivity index (χ2v) is 10.8. The topological polar surface area (TPSA) is 146 Å². The third-order valence-corrected chi connectivity index (χ3v) is 7.78. The van der Waals surface area contributed by atoms with Crippen LogP contribution in [0, 0.1) is 13.8 Å². The Morgan fingerprint density at radius 1 is 0.818 bits per heavy atom. The van der Waals surface area contributed by atoms with Gasteiger partial charge >= 0.3 is 0 Å². The van der Waals surface area contributed by atoms with Gasteiger partial charge in [-0.1, -0.05) is 35.4 Å². The van der Waals surface area contributed by atoms with E-state index in [0.29, 0.717) is 0 Å². The van der Waals surface area contributed by atoms with Crippen molar-refractivity contribution in [2.75, 3.05) is 13.7 Å². The van der Waals surface area contributed by atoms with Crippen molar-refractivity contribution in [3.8, 4) is 0 Å². The molecule has 2 aromatic rings. The highest BCUT2D eigenvalue weighted by molar-refractivity contribution is 7.87. The van der Waals surface area contributed by atoms with E-state index in [9.17, 15) is 27.0 Å². The smallest absolute Gasteiger partial charge is 0.297 e. The first-order chi connectivity index (χ1) is 15.5. The Labute approximate surface area is 192 Å². The Morgan fingerprint density at radius 2 is 1.24 bits per heavy atom. The van der Waals surface area contributed by atoms with Gasteiger partial charge in [-0.3, -0.25) is 8.37 Å². The predicted octanol–water partition coefficient (Wildman–Crippen LogP) is 0.876. The van der Waals surface area contributed by atoms with Crippen LogP contribution >= 0.6 is 0 Å². The normalized spacial score (nSPS) is 26.3. The Bertz CT molecular complexity index is 1140. The fourth-order valence-corrected chi connectivity index (χ4v) is 5.43. The summed E-state index contributed by atoms with van der Waals surface area (Å²) in [5.41, 5.74) is 1.63. The molecule has 0 spiro atoms. The van der Waals surface area contributed by atoms with Crippen LogP contribution in [0.5, 0.6) is 0 Å². The number of rotatable bonds is 8. The average molecular weight is 503 g/mol. The number of ether oxygens (including phenoxy) is 2. The van der Waals surface area contributed by atoms with Gasteiger partial charge in [0.25, 0.3) is 20.2 Å². The highest BCUT2D eigenvalue weighted by Gasteiger charge is 2.51. The minimum atomic E-state index is -4.46. The van der Waals surface area contributed by atoms with Crippen LogP contribution < -0.4 is 0 Å². The number of hydrogen-bond donors (Lipinski definition) is 2. The highest BCUT2D eigenvalue weighted by Crippen LogP contribution is 2.31. The molecule has 0 aromatic heterocycles. The van der Waals surface area contributed by atoms with Gasteiger partial charge < -0.3 is 19.7 Å². The van der Waals surface area contributed by atoms with Gasteiger partial charge in [0.05, 0.1) is 16.4 Å². The molecular formula is C21H26O10S2. The summed E-state index contributed by atoms with van der Waals surface area (Å²) in [6, 6.07) is 11.5. The van der Waals surface area contributed by atoms with Crippen LogP contribution in [0.2, 0.25) is 0 Å². The van der Waals surface area contributed by atoms with Gasteiger partial charge in [-0.25, -0.2) is 0 Å². The molecule has 1 aliphatic rings. The van der Waals surface area contributed by atoms with Crippen molar-refractivity contribution in [2.24, 2.45) is 0 Å². The second kappa shape index (κ2) is 10.2. The van der Waals surface area contributed by atoms with Crippen LogP contribution in [-0.4, -0.2) is 71.5 Å². The van der Waals surface area contributed by atoms with Crippen LogP contribution in [-0.2, 0) is 38.1 Å². The molecule has 1 aliphatic heterocycles. The van der Waals surface area contributed by atoms with E-state index in [2.05, 4.69) is 0 Å². The third-order valence-electron chi connectivity index (χ3n) is 5.13. The van der Waals surface area contributed by atoms with Crippen molar-refractivity contribution < 1.29 is 44.9 Å². The van der Waals surface area contributed by atoms with Gasteiger partial charge in [0.2, 0.25) is 0 Å². The third kappa shape index (κ3) is 5.78. The van der Waals surface area contributed by atoms with E-state index in [0.717, 1.165) is 11.1 Å². The lowest BCUT2D eigenvalue weighted by Crippen LogP contribution is -2.61. The summed E-state index contributed by atoms with van der Waals surface area (Å²) < 4.78 is 72.6. The van der Waals surface area contributed by atoms with Crippen LogP contribution in [0.4, 0.5) is 0 Å². The number of aliphatic hydroxyl groups is 2. The van der Waals surface area contributed by atoms with Crippen LogP contribution in [0.3, 0.4) is 0 Å². The SMILES string of the molecule is CO[C@H]1OC(CO)[C@@H](O)C(OS(=O)(=O)c2ccc(C)cc2)C1OS(=O)(=O)c1ccc(C)cc1. The molecule has 1 fully saturated rings. The first-order valence-corrected chi connectivity index (χ1v) is 12.8. The molecule has 10 nitrogen and oxygen atoms in total. The van der Waals surface area contributed by atoms with E-state index < -0.39 is 57.5 Å². The molecule has 0 bridgehead atoms. The fourth-order valence-electron chi connectivity index (χ4n) is 3.26. The van der Waals surface area contributed by atoms with Crippen LogP contribution in [0.25, 0.3) is 0 Å². The van der Waals surface area contributed by atoms with Gasteiger partial charge in [-0.05, 0) is 38.1 Å². The first-order valence-electron chi connectivity index (χ1n) is 9.95. The molecule has 0 amide bonds. The summed E-state index contributed by atoms with van der Waals surface area (Å²) in [5, 5.41) is 20.2. The molecule has 0 radical (unpaired) electrons. The highest BCUT2D eigenvalue weighted by atomic mass is 32.2. The zero-order valence-corrected chi connectivity index (χ0v) is 19.8. The second-order valence-electron chi connectivity index (χ2n) is 7.61. The molecule has 0 aliphatic carbocycles. The fraction of sp³-hybridized carbons (Fsp3) is 0.429. The molecule has 2 N–H and O–H groups in total. The van der Waals surface area contributed by atoms with Gasteiger partial charge in [0.1, 0.15) is 18.3 Å². The minimum Gasteiger partial charge on any atom is -0.394 e. The number of aliphatic hydroxyl groups excluding tert-OH is 2. The van der Waals surface area contributed by atoms with Crippen molar-refractivity contribution in [1.82, 2.24) is 0 Å². The van der Waals surface area contributed by atoms with E-state index in [-0.39, 0.29) is 9.79 Å². The van der Waals surface area contributed by atoms with Gasteiger partial charge in [0.15, 0.2) is 12.4 Å². The maximum atomic E-state index is 12.9. The Balaban J connectivity index is 1.98. The van der Waals surface area contributed by atoms with Crippen LogP contribution in [0.15, 0.2) is 58.3 Å². The summed E-state index contributed by atoms with van der Waals surface area (Å²) in [4.78, 5) is -0.400. The van der Waals surface area contributed by atoms with Gasteiger partial charge in [-0.2, -0.15) is 16.8 Å². The molecule has 2 aromatic carbocycles. The summed E-state index contributed by atoms with van der Waals surface area (Å²) >= 11 is 0. The summed E-state index contributed by atoms with van der Waals surface area (Å²) in [7, 11) is -7.72. The monoisotopic (exact) mass is 502 g/mol. The van der Waals surface area contributed by atoms with Crippen molar-refractivity contribution in [1.29, 1.82) is 0 Å². The molecule has 1 heterocycles. The standard InChI is InChI=1S/C21H26O10S2/c1-13-4-8-15(9-5-13)32(24,25)30-19-18(23)17(12-22)29-21(28-3)20(19)31-33(26,27)16-10-6-14(2)7-11-16/h4-11,17-23H,12H2,1-3H3/t17?,18-,19?,20?,21+/m1/s1. The lowest BCUT2D eigenvalue weighted by Gasteiger charge is -2.42. The average Bonchev–Trinajstić information content (AvgIpc) is 2.77. The first kappa shape index (κ1) is 25.7. The number of hydrogen-bond acceptors (Lipinski definition) is 10. The summed E-state index contributed by atoms with van der Waals surface area (Å²) in [6.07, 6.45) is -8.01. The van der Waals surface area contributed by atoms with Crippen molar-refractivity contribution in [2.45, 2.75) is 54.3 Å². The molecule has 5 atom stereocenters. The Hall–Kier alpha value is -1.90. The van der Waals surface area contributed by atoms with E-state index in [4.69, 9.17) is 17.8 Å². The number of methoxy groups -OCH3 is 1. The predicted molar refractivity (Wildman–Crippen MR) is 115 cm³/mol. The maximum absolute atomic E-state index is 12.9. The lowest BCUT2D eigenvalue weighted by molar-refractivity contribution is -0.283.